The number of nitrogens with one attached hydrogen (secondary N) is 2. The number of halogens is 1. The molecule has 0 bridgehead atoms. The van der Waals surface area contributed by atoms with E-state index in [-0.39, 0.29) is 24.4 Å². The normalized spacial score (nSPS) is 15.3. The number of carbonyl (C=O) groups is 1. The Morgan fingerprint density at radius 1 is 1.60 bits per heavy atom. The average Bonchev–Trinajstić information content (AvgIpc) is 2.41. The fourth-order valence-electron chi connectivity index (χ4n) is 1.26. The molecule has 7 heteroatoms. The maximum atomic E-state index is 11.6. The van der Waals surface area contributed by atoms with Gasteiger partial charge < -0.3 is 10.6 Å². The summed E-state index contributed by atoms with van der Waals surface area (Å²) in [5.74, 6) is -0.137. The van der Waals surface area contributed by atoms with E-state index in [1.807, 2.05) is 6.92 Å². The van der Waals surface area contributed by atoms with E-state index in [2.05, 4.69) is 20.9 Å². The summed E-state index contributed by atoms with van der Waals surface area (Å²) in [6.07, 6.45) is 0. The lowest BCUT2D eigenvalue weighted by molar-refractivity contribution is 0.0918. The Hall–Kier alpha value is -1.14. The highest BCUT2D eigenvalue weighted by Gasteiger charge is 2.22. The van der Waals surface area contributed by atoms with Gasteiger partial charge in [0.1, 0.15) is 0 Å². The van der Waals surface area contributed by atoms with Gasteiger partial charge in [0.05, 0.1) is 11.7 Å². The molecule has 0 unspecified atom stereocenters. The van der Waals surface area contributed by atoms with E-state index in [1.165, 1.54) is 0 Å². The minimum absolute atomic E-state index is 0. The van der Waals surface area contributed by atoms with Crippen LogP contribution in [0.25, 0.3) is 0 Å². The van der Waals surface area contributed by atoms with Crippen LogP contribution in [0.15, 0.2) is 0 Å². The first-order chi connectivity index (χ1) is 6.68. The molecule has 84 valence electrons. The maximum absolute atomic E-state index is 11.6. The third-order valence-corrected chi connectivity index (χ3v) is 2.44. The van der Waals surface area contributed by atoms with Gasteiger partial charge in [0, 0.05) is 20.1 Å². The molecule has 0 saturated carbocycles. The molecule has 6 nitrogen and oxygen atoms in total. The van der Waals surface area contributed by atoms with E-state index in [0.717, 1.165) is 18.8 Å². The summed E-state index contributed by atoms with van der Waals surface area (Å²) in [6, 6.07) is 0.240. The molecule has 1 saturated heterocycles. The van der Waals surface area contributed by atoms with Gasteiger partial charge in [0.15, 0.2) is 5.69 Å². The van der Waals surface area contributed by atoms with Crippen LogP contribution in [0.2, 0.25) is 0 Å². The van der Waals surface area contributed by atoms with Gasteiger partial charge in [0.2, 0.25) is 0 Å². The van der Waals surface area contributed by atoms with Crippen molar-refractivity contribution in [3.8, 4) is 0 Å². The number of hydrogen-bond donors (Lipinski definition) is 2. The molecule has 1 amide bonds. The van der Waals surface area contributed by atoms with Crippen molar-refractivity contribution < 1.29 is 4.79 Å². The molecule has 2 rings (SSSR count). The second-order valence-electron chi connectivity index (χ2n) is 3.48. The standard InChI is InChI=1S/C8H13N5O.ClH/c1-5-7(11-12-13(5)2)8(14)10-6-3-9-4-6;/h6,9H,3-4H2,1-2H3,(H,10,14);1H. The van der Waals surface area contributed by atoms with Crippen LogP contribution in [0.4, 0.5) is 0 Å². The zero-order valence-corrected chi connectivity index (χ0v) is 9.47. The predicted octanol–water partition coefficient (Wildman–Crippen LogP) is -0.753. The minimum atomic E-state index is -0.137. The first-order valence-corrected chi connectivity index (χ1v) is 4.56. The smallest absolute Gasteiger partial charge is 0.274 e. The second kappa shape index (κ2) is 4.59. The summed E-state index contributed by atoms with van der Waals surface area (Å²) in [7, 11) is 1.77. The molecule has 0 radical (unpaired) electrons. The molecule has 2 N–H and O–H groups in total. The largest absolute Gasteiger partial charge is 0.345 e. The summed E-state index contributed by atoms with van der Waals surface area (Å²) < 4.78 is 1.59. The van der Waals surface area contributed by atoms with Gasteiger partial charge in [-0.25, -0.2) is 0 Å². The van der Waals surface area contributed by atoms with E-state index in [1.54, 1.807) is 11.7 Å². The Balaban J connectivity index is 0.00000112. The van der Waals surface area contributed by atoms with Gasteiger partial charge in [-0.15, -0.1) is 17.5 Å². The van der Waals surface area contributed by atoms with Crippen LogP contribution in [-0.4, -0.2) is 40.0 Å². The zero-order valence-electron chi connectivity index (χ0n) is 8.65. The highest BCUT2D eigenvalue weighted by atomic mass is 35.5. The zero-order chi connectivity index (χ0) is 10.1. The quantitative estimate of drug-likeness (QED) is 0.703. The van der Waals surface area contributed by atoms with Gasteiger partial charge >= 0.3 is 0 Å². The maximum Gasteiger partial charge on any atom is 0.274 e. The molecule has 0 aliphatic carbocycles. The van der Waals surface area contributed by atoms with Gasteiger partial charge in [-0.3, -0.25) is 9.48 Å². The molecule has 1 aliphatic rings. The van der Waals surface area contributed by atoms with E-state index in [9.17, 15) is 4.79 Å². The Bertz CT molecular complexity index is 360. The molecule has 1 aliphatic heterocycles. The fraction of sp³-hybridized carbons (Fsp3) is 0.625. The van der Waals surface area contributed by atoms with Crippen LogP contribution < -0.4 is 10.6 Å². The number of carbonyl (C=O) groups excluding carboxylic acids is 1. The van der Waals surface area contributed by atoms with Crippen LogP contribution in [0.3, 0.4) is 0 Å². The highest BCUT2D eigenvalue weighted by molar-refractivity contribution is 5.93. The van der Waals surface area contributed by atoms with Crippen LogP contribution in [-0.2, 0) is 7.05 Å². The van der Waals surface area contributed by atoms with Crippen molar-refractivity contribution in [2.45, 2.75) is 13.0 Å². The predicted molar refractivity (Wildman–Crippen MR) is 57.1 cm³/mol. The third kappa shape index (κ3) is 2.27. The monoisotopic (exact) mass is 231 g/mol. The number of nitrogens with zero attached hydrogens (tertiary/aromatic N) is 3. The van der Waals surface area contributed by atoms with Crippen LogP contribution >= 0.6 is 12.4 Å². The van der Waals surface area contributed by atoms with Gasteiger partial charge in [-0.05, 0) is 6.92 Å². The Morgan fingerprint density at radius 3 is 2.67 bits per heavy atom. The van der Waals surface area contributed by atoms with Crippen molar-refractivity contribution in [3.63, 3.8) is 0 Å². The van der Waals surface area contributed by atoms with Gasteiger partial charge in [-0.1, -0.05) is 5.21 Å². The molecule has 15 heavy (non-hydrogen) atoms. The third-order valence-electron chi connectivity index (χ3n) is 2.44. The van der Waals surface area contributed by atoms with E-state index >= 15 is 0 Å². The number of hydrogen-bond acceptors (Lipinski definition) is 4. The molecule has 1 aromatic heterocycles. The number of aromatic nitrogens is 3. The Labute approximate surface area is 93.8 Å². The molecule has 0 atom stereocenters. The molecule has 0 aromatic carbocycles. The SMILES string of the molecule is Cc1c(C(=O)NC2CNC2)nnn1C.Cl. The topological polar surface area (TPSA) is 71.8 Å². The summed E-state index contributed by atoms with van der Waals surface area (Å²) in [4.78, 5) is 11.6. The van der Waals surface area contributed by atoms with E-state index in [0.29, 0.717) is 5.69 Å². The Kier molecular flexibility index (Phi) is 3.65. The first kappa shape index (κ1) is 11.9. The van der Waals surface area contributed by atoms with Crippen molar-refractivity contribution in [1.82, 2.24) is 25.6 Å². The van der Waals surface area contributed by atoms with E-state index in [4.69, 9.17) is 0 Å². The van der Waals surface area contributed by atoms with Crippen LogP contribution in [0, 0.1) is 6.92 Å². The highest BCUT2D eigenvalue weighted by Crippen LogP contribution is 2.02. The van der Waals surface area contributed by atoms with Gasteiger partial charge in [0.25, 0.3) is 5.91 Å². The number of amides is 1. The van der Waals surface area contributed by atoms with Crippen molar-refractivity contribution in [1.29, 1.82) is 0 Å². The van der Waals surface area contributed by atoms with Gasteiger partial charge in [-0.2, -0.15) is 0 Å². The Morgan fingerprint density at radius 2 is 2.27 bits per heavy atom. The minimum Gasteiger partial charge on any atom is -0.345 e. The summed E-state index contributed by atoms with van der Waals surface area (Å²) in [6.45, 7) is 3.50. The van der Waals surface area contributed by atoms with Crippen LogP contribution in [0.1, 0.15) is 16.2 Å². The summed E-state index contributed by atoms with van der Waals surface area (Å²) >= 11 is 0. The number of aryl methyl sites for hydroxylation is 1. The molecular weight excluding hydrogens is 218 g/mol. The molecule has 1 aromatic rings. The molecule has 0 spiro atoms. The molecular formula is C8H14ClN5O. The van der Waals surface area contributed by atoms with Crippen molar-refractivity contribution in [2.75, 3.05) is 13.1 Å². The van der Waals surface area contributed by atoms with Crippen molar-refractivity contribution in [3.05, 3.63) is 11.4 Å². The van der Waals surface area contributed by atoms with Crippen LogP contribution in [0.5, 0.6) is 0 Å². The first-order valence-electron chi connectivity index (χ1n) is 4.56. The lowest BCUT2D eigenvalue weighted by Gasteiger charge is -2.27. The van der Waals surface area contributed by atoms with Crippen molar-refractivity contribution in [2.24, 2.45) is 7.05 Å². The van der Waals surface area contributed by atoms with E-state index < -0.39 is 0 Å². The average molecular weight is 232 g/mol. The molecule has 2 heterocycles. The number of rotatable bonds is 2. The van der Waals surface area contributed by atoms with Crippen molar-refractivity contribution >= 4 is 18.3 Å². The summed E-state index contributed by atoms with van der Waals surface area (Å²) in [5.41, 5.74) is 1.20. The lowest BCUT2D eigenvalue weighted by Crippen LogP contribution is -2.57. The molecule has 1 fully saturated rings. The second-order valence-corrected chi connectivity index (χ2v) is 3.48. The summed E-state index contributed by atoms with van der Waals surface area (Å²) in [5, 5.41) is 13.5. The fourth-order valence-corrected chi connectivity index (χ4v) is 1.26. The lowest BCUT2D eigenvalue weighted by atomic mass is 10.2.